The lowest BCUT2D eigenvalue weighted by Gasteiger charge is -2.05. The second kappa shape index (κ2) is 9.53. The largest absolute Gasteiger partial charge is 0.466 e. The van der Waals surface area contributed by atoms with Crippen LogP contribution in [-0.4, -0.2) is 18.5 Å². The van der Waals surface area contributed by atoms with Gasteiger partial charge in [-0.15, -0.1) is 0 Å². The Kier molecular flexibility index (Phi) is 7.95. The average molecular weight is 343 g/mol. The highest BCUT2D eigenvalue weighted by atomic mass is 79.9. The van der Waals surface area contributed by atoms with E-state index in [9.17, 15) is 9.59 Å². The lowest BCUT2D eigenvalue weighted by molar-refractivity contribution is -0.146. The van der Waals surface area contributed by atoms with Crippen LogP contribution >= 0.6 is 15.9 Å². The Morgan fingerprint density at radius 3 is 2.25 bits per heavy atom. The molecule has 0 saturated heterocycles. The van der Waals surface area contributed by atoms with Gasteiger partial charge in [0.05, 0.1) is 6.61 Å². The van der Waals surface area contributed by atoms with Crippen molar-refractivity contribution in [3.8, 4) is 0 Å². The number of benzene rings is 1. The van der Waals surface area contributed by atoms with Gasteiger partial charge in [-0.05, 0) is 30.5 Å². The quantitative estimate of drug-likeness (QED) is 0.677. The van der Waals surface area contributed by atoms with Gasteiger partial charge >= 0.3 is 11.9 Å². The van der Waals surface area contributed by atoms with E-state index >= 15 is 0 Å². The molecule has 1 rings (SSSR count). The Hall–Kier alpha value is -1.36. The van der Waals surface area contributed by atoms with Crippen molar-refractivity contribution in [2.24, 2.45) is 0 Å². The van der Waals surface area contributed by atoms with Gasteiger partial charge in [-0.3, -0.25) is 9.59 Å². The minimum Gasteiger partial charge on any atom is -0.466 e. The zero-order valence-corrected chi connectivity index (χ0v) is 13.1. The normalized spacial score (nSPS) is 10.1. The summed E-state index contributed by atoms with van der Waals surface area (Å²) < 4.78 is 11.0. The molecule has 0 atom stereocenters. The molecule has 0 aromatic heterocycles. The van der Waals surface area contributed by atoms with Crippen molar-refractivity contribution in [2.75, 3.05) is 6.61 Å². The molecule has 0 aliphatic heterocycles. The molecule has 0 unspecified atom stereocenters. The summed E-state index contributed by atoms with van der Waals surface area (Å²) in [5.41, 5.74) is 0.934. The van der Waals surface area contributed by atoms with Crippen LogP contribution in [0.15, 0.2) is 28.7 Å². The summed E-state index contributed by atoms with van der Waals surface area (Å²) in [6, 6.07) is 7.57. The highest BCUT2D eigenvalue weighted by Gasteiger charge is 2.07. The first kappa shape index (κ1) is 16.7. The molecule has 0 amide bonds. The Balaban J connectivity index is 2.14. The Labute approximate surface area is 127 Å². The van der Waals surface area contributed by atoms with E-state index in [-0.39, 0.29) is 31.4 Å². The van der Waals surface area contributed by atoms with Crippen molar-refractivity contribution in [3.05, 3.63) is 34.3 Å². The maximum atomic E-state index is 11.5. The van der Waals surface area contributed by atoms with E-state index in [4.69, 9.17) is 9.47 Å². The summed E-state index contributed by atoms with van der Waals surface area (Å²) in [5, 5.41) is 0. The van der Waals surface area contributed by atoms with Crippen LogP contribution in [-0.2, 0) is 25.7 Å². The SMILES string of the molecule is CCCOC(=O)CCCC(=O)OCc1ccc(Br)cc1. The summed E-state index contributed by atoms with van der Waals surface area (Å²) >= 11 is 3.34. The first-order valence-electron chi connectivity index (χ1n) is 6.67. The van der Waals surface area contributed by atoms with Crippen molar-refractivity contribution in [3.63, 3.8) is 0 Å². The first-order valence-corrected chi connectivity index (χ1v) is 7.46. The lowest BCUT2D eigenvalue weighted by atomic mass is 10.2. The molecule has 0 heterocycles. The van der Waals surface area contributed by atoms with Gasteiger partial charge in [-0.25, -0.2) is 0 Å². The standard InChI is InChI=1S/C15H19BrO4/c1-2-10-19-14(17)4-3-5-15(18)20-11-12-6-8-13(16)9-7-12/h6-9H,2-5,10-11H2,1H3. The number of hydrogen-bond acceptors (Lipinski definition) is 4. The van der Waals surface area contributed by atoms with Crippen molar-refractivity contribution in [1.82, 2.24) is 0 Å². The van der Waals surface area contributed by atoms with Crippen LogP contribution in [0.2, 0.25) is 0 Å². The molecule has 1 aromatic carbocycles. The zero-order chi connectivity index (χ0) is 14.8. The van der Waals surface area contributed by atoms with E-state index in [1.54, 1.807) is 0 Å². The molecular formula is C15H19BrO4. The van der Waals surface area contributed by atoms with E-state index in [0.29, 0.717) is 13.0 Å². The van der Waals surface area contributed by atoms with Gasteiger partial charge in [0.2, 0.25) is 0 Å². The summed E-state index contributed by atoms with van der Waals surface area (Å²) in [5.74, 6) is -0.552. The van der Waals surface area contributed by atoms with Crippen molar-refractivity contribution < 1.29 is 19.1 Å². The molecule has 0 aliphatic rings. The van der Waals surface area contributed by atoms with Gasteiger partial charge in [0, 0.05) is 17.3 Å². The average Bonchev–Trinajstić information content (AvgIpc) is 2.44. The maximum Gasteiger partial charge on any atom is 0.306 e. The van der Waals surface area contributed by atoms with Crippen LogP contribution in [0.3, 0.4) is 0 Å². The number of halogens is 1. The van der Waals surface area contributed by atoms with E-state index in [1.165, 1.54) is 0 Å². The number of carbonyl (C=O) groups excluding carboxylic acids is 2. The predicted octanol–water partition coefficient (Wildman–Crippen LogP) is 3.62. The third-order valence-electron chi connectivity index (χ3n) is 2.54. The van der Waals surface area contributed by atoms with Crippen LogP contribution < -0.4 is 0 Å². The molecule has 4 nitrogen and oxygen atoms in total. The summed E-state index contributed by atoms with van der Waals surface area (Å²) in [6.07, 6.45) is 1.76. The Morgan fingerprint density at radius 1 is 1.05 bits per heavy atom. The number of hydrogen-bond donors (Lipinski definition) is 0. The van der Waals surface area contributed by atoms with Crippen molar-refractivity contribution in [2.45, 2.75) is 39.2 Å². The lowest BCUT2D eigenvalue weighted by Crippen LogP contribution is -2.08. The zero-order valence-electron chi connectivity index (χ0n) is 11.6. The van der Waals surface area contributed by atoms with E-state index in [0.717, 1.165) is 16.5 Å². The molecule has 5 heteroatoms. The van der Waals surface area contributed by atoms with Crippen LogP contribution in [0.25, 0.3) is 0 Å². The number of carbonyl (C=O) groups is 2. The predicted molar refractivity (Wildman–Crippen MR) is 79.0 cm³/mol. The monoisotopic (exact) mass is 342 g/mol. The van der Waals surface area contributed by atoms with Crippen LogP contribution in [0.1, 0.15) is 38.2 Å². The first-order chi connectivity index (χ1) is 9.61. The van der Waals surface area contributed by atoms with Crippen LogP contribution in [0.4, 0.5) is 0 Å². The van der Waals surface area contributed by atoms with E-state index in [1.807, 2.05) is 31.2 Å². The highest BCUT2D eigenvalue weighted by Crippen LogP contribution is 2.11. The fraction of sp³-hybridized carbons (Fsp3) is 0.467. The van der Waals surface area contributed by atoms with Crippen LogP contribution in [0, 0.1) is 0 Å². The van der Waals surface area contributed by atoms with Gasteiger partial charge in [-0.2, -0.15) is 0 Å². The van der Waals surface area contributed by atoms with Gasteiger partial charge in [0.25, 0.3) is 0 Å². The maximum absolute atomic E-state index is 11.5. The minimum absolute atomic E-state index is 0.234. The minimum atomic E-state index is -0.295. The van der Waals surface area contributed by atoms with E-state index < -0.39 is 0 Å². The molecular weight excluding hydrogens is 324 g/mol. The van der Waals surface area contributed by atoms with Crippen molar-refractivity contribution >= 4 is 27.9 Å². The number of esters is 2. The third-order valence-corrected chi connectivity index (χ3v) is 3.07. The molecule has 0 bridgehead atoms. The summed E-state index contributed by atoms with van der Waals surface area (Å²) in [4.78, 5) is 22.7. The Morgan fingerprint density at radius 2 is 1.65 bits per heavy atom. The molecule has 0 spiro atoms. The molecule has 0 radical (unpaired) electrons. The second-order valence-corrected chi connectivity index (χ2v) is 5.28. The third kappa shape index (κ3) is 7.28. The number of ether oxygens (including phenoxy) is 2. The second-order valence-electron chi connectivity index (χ2n) is 4.36. The van der Waals surface area contributed by atoms with Gasteiger partial charge in [0.1, 0.15) is 6.61 Å². The number of rotatable bonds is 8. The smallest absolute Gasteiger partial charge is 0.306 e. The molecule has 1 aromatic rings. The van der Waals surface area contributed by atoms with Crippen molar-refractivity contribution in [1.29, 1.82) is 0 Å². The fourth-order valence-electron chi connectivity index (χ4n) is 1.48. The topological polar surface area (TPSA) is 52.6 Å². The van der Waals surface area contributed by atoms with Gasteiger partial charge in [-0.1, -0.05) is 35.0 Å². The summed E-state index contributed by atoms with van der Waals surface area (Å²) in [7, 11) is 0. The Bertz CT molecular complexity index is 428. The molecule has 0 saturated carbocycles. The molecule has 20 heavy (non-hydrogen) atoms. The molecule has 110 valence electrons. The highest BCUT2D eigenvalue weighted by molar-refractivity contribution is 9.10. The van der Waals surface area contributed by atoms with E-state index in [2.05, 4.69) is 15.9 Å². The van der Waals surface area contributed by atoms with Gasteiger partial charge < -0.3 is 9.47 Å². The van der Waals surface area contributed by atoms with Crippen LogP contribution in [0.5, 0.6) is 0 Å². The summed E-state index contributed by atoms with van der Waals surface area (Å²) in [6.45, 7) is 2.63. The fourth-order valence-corrected chi connectivity index (χ4v) is 1.75. The molecule has 0 N–H and O–H groups in total. The molecule has 0 fully saturated rings. The molecule has 0 aliphatic carbocycles. The van der Waals surface area contributed by atoms with Gasteiger partial charge in [0.15, 0.2) is 0 Å².